The van der Waals surface area contributed by atoms with Crippen LogP contribution in [0.25, 0.3) is 135 Å². The summed E-state index contributed by atoms with van der Waals surface area (Å²) < 4.78 is 8.80. The van der Waals surface area contributed by atoms with Gasteiger partial charge in [-0.05, 0) is 172 Å². The molecule has 8 aromatic heterocycles. The molecule has 0 amide bonds. The Kier molecular flexibility index (Phi) is 10.0. The molecule has 12 heteroatoms. The molecule has 0 aliphatic heterocycles. The van der Waals surface area contributed by atoms with Gasteiger partial charge in [-0.2, -0.15) is 4.57 Å². The number of aromatic amines is 1. The summed E-state index contributed by atoms with van der Waals surface area (Å²) in [7, 11) is 0. The van der Waals surface area contributed by atoms with Crippen molar-refractivity contribution in [3.63, 3.8) is 0 Å². The van der Waals surface area contributed by atoms with E-state index in [-0.39, 0.29) is 0 Å². The SMILES string of the molecule is c1ccc(-n2c(-c3ccc4c(c3)C3(c5cc(-c6nc7cccnc7n6-c6ccccc6)ccc5-4)c4cc(-c5nc6cccnc6n5-c5ccccc5)ccc4-c4ccc(-c5[nH]c6cccnc6[n+]5-c5ccccc5)cc43)nc3cccnc32)cc1. The summed E-state index contributed by atoms with van der Waals surface area (Å²) in [6, 6.07) is 85.6. The Morgan fingerprint density at radius 2 is 0.682 bits per heavy atom. The molecule has 0 fully saturated rings. The van der Waals surface area contributed by atoms with Crippen molar-refractivity contribution < 1.29 is 4.57 Å². The Balaban J connectivity index is 0.968. The molecule has 16 aromatic rings. The lowest BCUT2D eigenvalue weighted by Gasteiger charge is -2.31. The maximum absolute atomic E-state index is 5.43. The number of pyridine rings is 4. The van der Waals surface area contributed by atoms with Crippen LogP contribution in [0, 0.1) is 0 Å². The average molecular weight is 1090 g/mol. The number of benzene rings is 8. The molecule has 85 heavy (non-hydrogen) atoms. The number of fused-ring (bicyclic) bond motifs is 14. The highest BCUT2D eigenvalue weighted by Crippen LogP contribution is 2.64. The first-order valence-electron chi connectivity index (χ1n) is 28.4. The highest BCUT2D eigenvalue weighted by atomic mass is 15.2. The molecule has 8 heterocycles. The van der Waals surface area contributed by atoms with Crippen LogP contribution in [0.2, 0.25) is 0 Å². The van der Waals surface area contributed by atoms with Crippen LogP contribution >= 0.6 is 0 Å². The molecule has 2 aliphatic carbocycles. The molecule has 0 unspecified atom stereocenters. The lowest BCUT2D eigenvalue weighted by atomic mass is 9.69. The monoisotopic (exact) mass is 1090 g/mol. The Hall–Kier alpha value is -11.8. The number of aromatic nitrogens is 12. The first-order chi connectivity index (χ1) is 42.2. The molecule has 1 spiro atoms. The number of H-pyrrole nitrogens is 1. The third kappa shape index (κ3) is 6.84. The van der Waals surface area contributed by atoms with Gasteiger partial charge in [0.25, 0.3) is 0 Å². The zero-order valence-corrected chi connectivity index (χ0v) is 45.3. The largest absolute Gasteiger partial charge is 0.306 e. The van der Waals surface area contributed by atoms with Crippen molar-refractivity contribution >= 4 is 44.7 Å². The van der Waals surface area contributed by atoms with Crippen LogP contribution in [-0.4, -0.2) is 53.6 Å². The Morgan fingerprint density at radius 1 is 0.329 bits per heavy atom. The second kappa shape index (κ2) is 18.1. The molecule has 396 valence electrons. The maximum atomic E-state index is 5.43. The van der Waals surface area contributed by atoms with Crippen molar-refractivity contribution in [3.8, 4) is 90.6 Å². The van der Waals surface area contributed by atoms with Gasteiger partial charge in [0.1, 0.15) is 45.9 Å². The summed E-state index contributed by atoms with van der Waals surface area (Å²) >= 11 is 0. The van der Waals surface area contributed by atoms with E-state index in [1.165, 1.54) is 0 Å². The molecule has 0 saturated heterocycles. The minimum absolute atomic E-state index is 0.781. The molecule has 8 aromatic carbocycles. The van der Waals surface area contributed by atoms with Crippen molar-refractivity contribution in [1.82, 2.24) is 53.6 Å². The van der Waals surface area contributed by atoms with Crippen LogP contribution in [0.1, 0.15) is 22.3 Å². The normalized spacial score (nSPS) is 12.8. The lowest BCUT2D eigenvalue weighted by Crippen LogP contribution is -2.32. The van der Waals surface area contributed by atoms with E-state index in [9.17, 15) is 0 Å². The molecule has 1 N–H and O–H groups in total. The van der Waals surface area contributed by atoms with Gasteiger partial charge in [-0.15, -0.1) is 4.98 Å². The van der Waals surface area contributed by atoms with Crippen LogP contribution in [-0.2, 0) is 5.41 Å². The minimum Gasteiger partial charge on any atom is -0.277 e. The topological polar surface area (TPSA) is 125 Å². The average Bonchev–Trinajstić information content (AvgIpc) is 1.53. The number of rotatable bonds is 8. The second-order valence-corrected chi connectivity index (χ2v) is 21.7. The van der Waals surface area contributed by atoms with Gasteiger partial charge in [0, 0.05) is 57.9 Å². The van der Waals surface area contributed by atoms with Gasteiger partial charge >= 0.3 is 5.65 Å². The number of hydrogen-bond donors (Lipinski definition) is 1. The van der Waals surface area contributed by atoms with E-state index in [1.54, 1.807) is 0 Å². The van der Waals surface area contributed by atoms with Crippen molar-refractivity contribution in [2.75, 3.05) is 0 Å². The molecule has 0 bridgehead atoms. The number of nitrogens with one attached hydrogen (secondary N) is 1. The summed E-state index contributed by atoms with van der Waals surface area (Å²) in [5.41, 5.74) is 22.3. The van der Waals surface area contributed by atoms with Crippen LogP contribution in [0.5, 0.6) is 0 Å². The predicted molar refractivity (Wildman–Crippen MR) is 333 cm³/mol. The quantitative estimate of drug-likeness (QED) is 0.150. The molecule has 0 radical (unpaired) electrons. The van der Waals surface area contributed by atoms with Gasteiger partial charge in [0.15, 0.2) is 22.5 Å². The van der Waals surface area contributed by atoms with Crippen LogP contribution < -0.4 is 4.57 Å². The van der Waals surface area contributed by atoms with Crippen molar-refractivity contribution in [1.29, 1.82) is 0 Å². The molecular weight excluding hydrogens is 1040 g/mol. The minimum atomic E-state index is -0.958. The summed E-state index contributed by atoms with van der Waals surface area (Å²) in [4.78, 5) is 40.0. The Labute approximate surface area is 486 Å². The summed E-state index contributed by atoms with van der Waals surface area (Å²) in [6.45, 7) is 0. The zero-order chi connectivity index (χ0) is 55.7. The van der Waals surface area contributed by atoms with Crippen molar-refractivity contribution in [2.24, 2.45) is 0 Å². The fourth-order valence-corrected chi connectivity index (χ4v) is 13.6. The second-order valence-electron chi connectivity index (χ2n) is 21.7. The van der Waals surface area contributed by atoms with E-state index >= 15 is 0 Å². The van der Waals surface area contributed by atoms with E-state index in [0.717, 1.165) is 157 Å². The van der Waals surface area contributed by atoms with Crippen LogP contribution in [0.3, 0.4) is 0 Å². The van der Waals surface area contributed by atoms with Crippen molar-refractivity contribution in [2.45, 2.75) is 5.41 Å². The van der Waals surface area contributed by atoms with Gasteiger partial charge in [0.05, 0.1) is 5.41 Å². The lowest BCUT2D eigenvalue weighted by molar-refractivity contribution is -0.557. The Bertz CT molecular complexity index is 4700. The zero-order valence-electron chi connectivity index (χ0n) is 45.3. The van der Waals surface area contributed by atoms with Crippen LogP contribution in [0.15, 0.2) is 267 Å². The molecule has 12 nitrogen and oxygen atoms in total. The van der Waals surface area contributed by atoms with E-state index < -0.39 is 5.41 Å². The van der Waals surface area contributed by atoms with Gasteiger partial charge in [-0.1, -0.05) is 115 Å². The highest BCUT2D eigenvalue weighted by molar-refractivity contribution is 5.99. The smallest absolute Gasteiger partial charge is 0.277 e. The number of nitrogens with zero attached hydrogens (tertiary/aromatic N) is 11. The third-order valence-electron chi connectivity index (χ3n) is 17.1. The van der Waals surface area contributed by atoms with E-state index in [0.29, 0.717) is 0 Å². The summed E-state index contributed by atoms with van der Waals surface area (Å²) in [5.74, 6) is 3.28. The third-order valence-corrected chi connectivity index (χ3v) is 17.1. The fourth-order valence-electron chi connectivity index (χ4n) is 13.6. The van der Waals surface area contributed by atoms with E-state index in [4.69, 9.17) is 34.9 Å². The fraction of sp³-hybridized carbons (Fsp3) is 0.0137. The number of imidazole rings is 4. The molecule has 2 aliphatic rings. The van der Waals surface area contributed by atoms with Gasteiger partial charge in [0.2, 0.25) is 5.82 Å². The first kappa shape index (κ1) is 46.9. The first-order valence-corrected chi connectivity index (χ1v) is 28.4. The van der Waals surface area contributed by atoms with Gasteiger partial charge < -0.3 is 0 Å². The molecule has 0 atom stereocenters. The van der Waals surface area contributed by atoms with Crippen LogP contribution in [0.4, 0.5) is 0 Å². The van der Waals surface area contributed by atoms with Crippen molar-refractivity contribution in [3.05, 3.63) is 290 Å². The van der Waals surface area contributed by atoms with Gasteiger partial charge in [-0.25, -0.2) is 29.9 Å². The highest BCUT2D eigenvalue weighted by Gasteiger charge is 2.53. The summed E-state index contributed by atoms with van der Waals surface area (Å²) in [5, 5.41) is 0. The molecule has 0 saturated carbocycles. The number of hydrogen-bond acceptors (Lipinski definition) is 7. The maximum Gasteiger partial charge on any atom is 0.306 e. The molecule has 18 rings (SSSR count). The van der Waals surface area contributed by atoms with E-state index in [2.05, 4.69) is 205 Å². The Morgan fingerprint density at radius 3 is 1.09 bits per heavy atom. The standard InChI is InChI=1S/C73H44N12/c1-5-17-49(18-6-1)82-65(78-61-25-13-37-74-69(61)82)45-29-33-53-54-34-30-46(66-79-62-26-14-38-75-70(62)83(66)50-19-7-2-8-20-50)42-58(54)73(57(53)41-45)59-43-47(67-80-63-27-15-39-76-71(63)84(67)51-21-9-3-10-22-51)31-35-55(59)56-36-32-48(44-60(56)73)68-81-64-28-16-40-77-72(64)85(68)52-23-11-4-12-24-52/h1-44H/p+1. The van der Waals surface area contributed by atoms with E-state index in [1.807, 2.05) is 85.5 Å². The van der Waals surface area contributed by atoms with Gasteiger partial charge in [-0.3, -0.25) is 18.7 Å². The molecular formula is C73H45N12+. The predicted octanol–water partition coefficient (Wildman–Crippen LogP) is 15.1. The summed E-state index contributed by atoms with van der Waals surface area (Å²) in [6.07, 6.45) is 7.39. The number of para-hydroxylation sites is 4.